The van der Waals surface area contributed by atoms with Crippen molar-refractivity contribution in [1.29, 1.82) is 0 Å². The third-order valence-corrected chi connectivity index (χ3v) is 2.73. The van der Waals surface area contributed by atoms with Crippen molar-refractivity contribution in [3.8, 4) is 23.0 Å². The van der Waals surface area contributed by atoms with Gasteiger partial charge in [-0.25, -0.2) is 0 Å². The quantitative estimate of drug-likeness (QED) is 0.635. The fourth-order valence-corrected chi connectivity index (χ4v) is 1.81. The average Bonchev–Trinajstić information content (AvgIpc) is 2.45. The molecular weight excluding hydrogens is 218 g/mol. The molecule has 0 amide bonds. The van der Waals surface area contributed by atoms with E-state index in [2.05, 4.69) is 59.6 Å². The smallest absolute Gasteiger partial charge is 0.0323 e. The lowest BCUT2D eigenvalue weighted by Gasteiger charge is -2.04. The highest BCUT2D eigenvalue weighted by Gasteiger charge is 2.00. The predicted molar refractivity (Wildman–Crippen MR) is 77.3 cm³/mol. The molecular formula is C17H17N. The fraction of sp³-hybridized carbons (Fsp3) is 0.176. The molecule has 0 spiro atoms. The highest BCUT2D eigenvalue weighted by Crippen LogP contribution is 2.22. The molecule has 0 aliphatic carbocycles. The van der Waals surface area contributed by atoms with Gasteiger partial charge < -0.3 is 5.32 Å². The minimum Gasteiger partial charge on any atom is -0.319 e. The Hall–Kier alpha value is -2.04. The maximum atomic E-state index is 3.26. The molecule has 0 heterocycles. The SMILES string of the molecule is CNCCC#Cc1ccccc1-c1ccccc1. The first-order valence-corrected chi connectivity index (χ1v) is 6.20. The Kier molecular flexibility index (Phi) is 4.58. The summed E-state index contributed by atoms with van der Waals surface area (Å²) in [6, 6.07) is 18.7. The van der Waals surface area contributed by atoms with Crippen LogP contribution in [0.5, 0.6) is 0 Å². The first kappa shape index (κ1) is 12.4. The van der Waals surface area contributed by atoms with Crippen molar-refractivity contribution in [2.75, 3.05) is 13.6 Å². The van der Waals surface area contributed by atoms with Crippen molar-refractivity contribution in [1.82, 2.24) is 5.32 Å². The summed E-state index contributed by atoms with van der Waals surface area (Å²) < 4.78 is 0. The predicted octanol–water partition coefficient (Wildman–Crippen LogP) is 3.31. The van der Waals surface area contributed by atoms with Gasteiger partial charge in [-0.2, -0.15) is 0 Å². The lowest BCUT2D eigenvalue weighted by molar-refractivity contribution is 0.818. The molecule has 0 bridgehead atoms. The molecule has 18 heavy (non-hydrogen) atoms. The van der Waals surface area contributed by atoms with Gasteiger partial charge in [0.15, 0.2) is 0 Å². The van der Waals surface area contributed by atoms with Crippen molar-refractivity contribution in [3.63, 3.8) is 0 Å². The Morgan fingerprint density at radius 1 is 0.944 bits per heavy atom. The van der Waals surface area contributed by atoms with E-state index in [0.29, 0.717) is 0 Å². The first-order valence-electron chi connectivity index (χ1n) is 6.20. The molecule has 1 nitrogen and oxygen atoms in total. The van der Waals surface area contributed by atoms with Crippen LogP contribution in [0.15, 0.2) is 54.6 Å². The third-order valence-electron chi connectivity index (χ3n) is 2.73. The summed E-state index contributed by atoms with van der Waals surface area (Å²) in [6.07, 6.45) is 0.875. The van der Waals surface area contributed by atoms with Gasteiger partial charge in [-0.3, -0.25) is 0 Å². The van der Waals surface area contributed by atoms with E-state index in [9.17, 15) is 0 Å². The van der Waals surface area contributed by atoms with E-state index >= 15 is 0 Å². The zero-order valence-electron chi connectivity index (χ0n) is 10.6. The van der Waals surface area contributed by atoms with Crippen molar-refractivity contribution in [3.05, 3.63) is 60.2 Å². The second kappa shape index (κ2) is 6.64. The Morgan fingerprint density at radius 2 is 1.67 bits per heavy atom. The zero-order valence-corrected chi connectivity index (χ0v) is 10.6. The molecule has 2 aromatic carbocycles. The normalized spacial score (nSPS) is 9.61. The summed E-state index contributed by atoms with van der Waals surface area (Å²) in [6.45, 7) is 0.931. The van der Waals surface area contributed by atoms with E-state index in [-0.39, 0.29) is 0 Å². The van der Waals surface area contributed by atoms with Crippen LogP contribution >= 0.6 is 0 Å². The standard InChI is InChI=1S/C17H17N/c1-18-14-8-7-12-16-11-5-6-13-17(16)15-9-3-2-4-10-15/h2-6,9-11,13,18H,8,14H2,1H3. The largest absolute Gasteiger partial charge is 0.319 e. The number of hydrogen-bond donors (Lipinski definition) is 1. The molecule has 0 atom stereocenters. The first-order chi connectivity index (χ1) is 8.92. The van der Waals surface area contributed by atoms with Gasteiger partial charge in [0.25, 0.3) is 0 Å². The molecule has 0 aliphatic heterocycles. The molecule has 0 saturated heterocycles. The summed E-state index contributed by atoms with van der Waals surface area (Å²) in [7, 11) is 1.94. The lowest BCUT2D eigenvalue weighted by Crippen LogP contribution is -2.05. The molecule has 0 saturated carbocycles. The third kappa shape index (κ3) is 3.23. The molecule has 1 N–H and O–H groups in total. The Morgan fingerprint density at radius 3 is 2.44 bits per heavy atom. The van der Waals surface area contributed by atoms with Gasteiger partial charge >= 0.3 is 0 Å². The van der Waals surface area contributed by atoms with Crippen LogP contribution in [0.4, 0.5) is 0 Å². The number of rotatable bonds is 3. The maximum Gasteiger partial charge on any atom is 0.0323 e. The molecule has 2 rings (SSSR count). The van der Waals surface area contributed by atoms with Crippen LogP contribution in [0.25, 0.3) is 11.1 Å². The van der Waals surface area contributed by atoms with Gasteiger partial charge in [0, 0.05) is 18.5 Å². The number of nitrogens with one attached hydrogen (secondary N) is 1. The highest BCUT2D eigenvalue weighted by atomic mass is 14.8. The van der Waals surface area contributed by atoms with E-state index in [1.807, 2.05) is 19.2 Å². The van der Waals surface area contributed by atoms with Gasteiger partial charge in [-0.05, 0) is 24.2 Å². The van der Waals surface area contributed by atoms with Gasteiger partial charge in [-0.15, -0.1) is 0 Å². The summed E-state index contributed by atoms with van der Waals surface area (Å²) in [5, 5.41) is 3.10. The summed E-state index contributed by atoms with van der Waals surface area (Å²) in [4.78, 5) is 0. The Bertz CT molecular complexity index is 547. The van der Waals surface area contributed by atoms with Gasteiger partial charge in [0.1, 0.15) is 0 Å². The Labute approximate surface area is 109 Å². The van der Waals surface area contributed by atoms with E-state index < -0.39 is 0 Å². The van der Waals surface area contributed by atoms with Crippen LogP contribution < -0.4 is 5.32 Å². The van der Waals surface area contributed by atoms with Crippen LogP contribution in [0.3, 0.4) is 0 Å². The van der Waals surface area contributed by atoms with Gasteiger partial charge in [-0.1, -0.05) is 60.4 Å². The van der Waals surface area contributed by atoms with E-state index in [4.69, 9.17) is 0 Å². The summed E-state index contributed by atoms with van der Waals surface area (Å²) >= 11 is 0. The minimum atomic E-state index is 0.875. The van der Waals surface area contributed by atoms with E-state index in [1.54, 1.807) is 0 Å². The fourth-order valence-electron chi connectivity index (χ4n) is 1.81. The molecule has 0 aromatic heterocycles. The van der Waals surface area contributed by atoms with Crippen molar-refractivity contribution < 1.29 is 0 Å². The number of benzene rings is 2. The van der Waals surface area contributed by atoms with Crippen molar-refractivity contribution in [2.45, 2.75) is 6.42 Å². The summed E-state index contributed by atoms with van der Waals surface area (Å²) in [5.41, 5.74) is 3.52. The molecule has 0 aliphatic rings. The second-order valence-corrected chi connectivity index (χ2v) is 4.07. The lowest BCUT2D eigenvalue weighted by atomic mass is 10.00. The molecule has 90 valence electrons. The van der Waals surface area contributed by atoms with Crippen LogP contribution in [-0.4, -0.2) is 13.6 Å². The van der Waals surface area contributed by atoms with Crippen LogP contribution in [0.2, 0.25) is 0 Å². The van der Waals surface area contributed by atoms with Gasteiger partial charge in [0.05, 0.1) is 0 Å². The monoisotopic (exact) mass is 235 g/mol. The second-order valence-electron chi connectivity index (χ2n) is 4.07. The minimum absolute atomic E-state index is 0.875. The molecule has 1 heteroatoms. The zero-order chi connectivity index (χ0) is 12.6. The van der Waals surface area contributed by atoms with Gasteiger partial charge in [0.2, 0.25) is 0 Å². The molecule has 0 fully saturated rings. The van der Waals surface area contributed by atoms with Crippen molar-refractivity contribution >= 4 is 0 Å². The maximum absolute atomic E-state index is 3.26. The molecule has 0 radical (unpaired) electrons. The summed E-state index contributed by atoms with van der Waals surface area (Å²) in [5.74, 6) is 6.46. The molecule has 2 aromatic rings. The topological polar surface area (TPSA) is 12.0 Å². The number of hydrogen-bond acceptors (Lipinski definition) is 1. The van der Waals surface area contributed by atoms with Crippen LogP contribution in [-0.2, 0) is 0 Å². The van der Waals surface area contributed by atoms with E-state index in [1.165, 1.54) is 11.1 Å². The van der Waals surface area contributed by atoms with Crippen LogP contribution in [0.1, 0.15) is 12.0 Å². The van der Waals surface area contributed by atoms with Crippen molar-refractivity contribution in [2.24, 2.45) is 0 Å². The highest BCUT2D eigenvalue weighted by molar-refractivity contribution is 5.70. The van der Waals surface area contributed by atoms with Crippen LogP contribution in [0, 0.1) is 11.8 Å². The average molecular weight is 235 g/mol. The Balaban J connectivity index is 2.28. The molecule has 0 unspecified atom stereocenters. The van der Waals surface area contributed by atoms with E-state index in [0.717, 1.165) is 18.5 Å².